The molecular weight excluding hydrogens is 216 g/mol. The number of fused-ring (bicyclic) bond motifs is 1. The van der Waals surface area contributed by atoms with Gasteiger partial charge in [-0.1, -0.05) is 31.2 Å². The van der Waals surface area contributed by atoms with E-state index < -0.39 is 17.3 Å². The minimum absolute atomic E-state index is 0.536. The minimum atomic E-state index is -0.844. The number of benzene rings is 1. The Morgan fingerprint density at radius 3 is 2.47 bits per heavy atom. The van der Waals surface area contributed by atoms with Crippen LogP contribution in [0.4, 0.5) is 0 Å². The Balaban J connectivity index is 2.23. The van der Waals surface area contributed by atoms with Gasteiger partial charge in [0.05, 0.1) is 6.10 Å². The first kappa shape index (κ1) is 11.0. The lowest BCUT2D eigenvalue weighted by Crippen LogP contribution is -2.51. The highest BCUT2D eigenvalue weighted by Crippen LogP contribution is 2.50. The monoisotopic (exact) mass is 232 g/mol. The van der Waals surface area contributed by atoms with Crippen LogP contribution in [0.25, 0.3) is 0 Å². The van der Waals surface area contributed by atoms with Crippen molar-refractivity contribution >= 4 is 0 Å². The van der Waals surface area contributed by atoms with Crippen LogP contribution in [-0.2, 0) is 21.0 Å². The van der Waals surface area contributed by atoms with E-state index in [9.17, 15) is 5.11 Å². The molecule has 3 heteroatoms. The average Bonchev–Trinajstić information content (AvgIpc) is 2.39. The van der Waals surface area contributed by atoms with Gasteiger partial charge in [0.15, 0.2) is 5.60 Å². The predicted molar refractivity (Wildman–Crippen MR) is 63.1 cm³/mol. The number of aliphatic hydroxyl groups is 1. The van der Waals surface area contributed by atoms with Crippen molar-refractivity contribution in [2.45, 2.75) is 37.6 Å². The Kier molecular flexibility index (Phi) is 2.20. The molecule has 0 radical (unpaired) electrons. The van der Waals surface area contributed by atoms with Crippen LogP contribution in [0.3, 0.4) is 0 Å². The Morgan fingerprint density at radius 2 is 1.88 bits per heavy atom. The van der Waals surface area contributed by atoms with Crippen LogP contribution in [-0.4, -0.2) is 11.2 Å². The lowest BCUT2D eigenvalue weighted by molar-refractivity contribution is -0.431. The van der Waals surface area contributed by atoms with E-state index in [-0.39, 0.29) is 0 Å². The molecule has 0 saturated carbocycles. The molecule has 1 N–H and O–H groups in total. The van der Waals surface area contributed by atoms with E-state index in [0.717, 1.165) is 11.1 Å². The maximum atomic E-state index is 10.2. The van der Waals surface area contributed by atoms with Crippen LogP contribution in [0, 0.1) is 0 Å². The van der Waals surface area contributed by atoms with E-state index in [0.29, 0.717) is 6.42 Å². The standard InChI is InChI=1S/C14H16O3/c1-3-12(15)14-9-8-13(2,16-17-14)10-6-4-5-7-11(10)14/h4-9,12,15H,3H2,1-2H3/t12-,13-,14+/m1/s1. The van der Waals surface area contributed by atoms with Gasteiger partial charge in [0.25, 0.3) is 0 Å². The van der Waals surface area contributed by atoms with Crippen molar-refractivity contribution in [1.29, 1.82) is 0 Å². The van der Waals surface area contributed by atoms with Gasteiger partial charge in [0.2, 0.25) is 0 Å². The van der Waals surface area contributed by atoms with Gasteiger partial charge in [0, 0.05) is 5.56 Å². The normalized spacial score (nSPS) is 35.7. The van der Waals surface area contributed by atoms with Crippen LogP contribution in [0.2, 0.25) is 0 Å². The summed E-state index contributed by atoms with van der Waals surface area (Å²) < 4.78 is 0. The van der Waals surface area contributed by atoms with E-state index in [1.807, 2.05) is 50.3 Å². The highest BCUT2D eigenvalue weighted by atomic mass is 17.2. The van der Waals surface area contributed by atoms with Crippen molar-refractivity contribution in [2.75, 3.05) is 0 Å². The highest BCUT2D eigenvalue weighted by Gasteiger charge is 2.52. The molecular formula is C14H16O3. The molecule has 0 unspecified atom stereocenters. The molecule has 3 aliphatic rings. The lowest BCUT2D eigenvalue weighted by Gasteiger charge is -2.48. The van der Waals surface area contributed by atoms with Gasteiger partial charge in [-0.3, -0.25) is 0 Å². The maximum Gasteiger partial charge on any atom is 0.173 e. The molecule has 90 valence electrons. The molecule has 0 aromatic heterocycles. The second-order valence-corrected chi connectivity index (χ2v) is 4.87. The Labute approximate surface area is 101 Å². The van der Waals surface area contributed by atoms with Crippen molar-refractivity contribution in [3.05, 3.63) is 47.5 Å². The first-order valence-electron chi connectivity index (χ1n) is 5.98. The van der Waals surface area contributed by atoms with E-state index in [1.54, 1.807) is 0 Å². The summed E-state index contributed by atoms with van der Waals surface area (Å²) in [6.45, 7) is 3.89. The van der Waals surface area contributed by atoms with E-state index >= 15 is 0 Å². The molecule has 17 heavy (non-hydrogen) atoms. The molecule has 1 aliphatic carbocycles. The molecule has 0 spiro atoms. The number of aliphatic hydroxyl groups excluding tert-OH is 1. The van der Waals surface area contributed by atoms with Gasteiger partial charge >= 0.3 is 0 Å². The van der Waals surface area contributed by atoms with Crippen LogP contribution >= 0.6 is 0 Å². The highest BCUT2D eigenvalue weighted by molar-refractivity contribution is 5.47. The second-order valence-electron chi connectivity index (χ2n) is 4.87. The van der Waals surface area contributed by atoms with Gasteiger partial charge in [-0.25, -0.2) is 9.78 Å². The molecule has 4 rings (SSSR count). The summed E-state index contributed by atoms with van der Waals surface area (Å²) in [5.41, 5.74) is 0.696. The summed E-state index contributed by atoms with van der Waals surface area (Å²) in [7, 11) is 0. The number of hydrogen-bond donors (Lipinski definition) is 1. The van der Waals surface area contributed by atoms with Gasteiger partial charge in [-0.2, -0.15) is 0 Å². The van der Waals surface area contributed by atoms with Gasteiger partial charge < -0.3 is 5.11 Å². The summed E-state index contributed by atoms with van der Waals surface area (Å²) >= 11 is 0. The number of hydrogen-bond acceptors (Lipinski definition) is 3. The minimum Gasteiger partial charge on any atom is -0.389 e. The SMILES string of the molecule is CC[C@@H](O)[C@@]12C=C[C@@](C)(OO1)c1ccccc12. The van der Waals surface area contributed by atoms with Crippen LogP contribution in [0.15, 0.2) is 36.4 Å². The Bertz CT molecular complexity index is 482. The Hall–Kier alpha value is -1.16. The molecule has 3 nitrogen and oxygen atoms in total. The van der Waals surface area contributed by atoms with E-state index in [1.165, 1.54) is 0 Å². The summed E-state index contributed by atoms with van der Waals surface area (Å²) in [6, 6.07) is 7.97. The summed E-state index contributed by atoms with van der Waals surface area (Å²) in [5, 5.41) is 10.2. The molecule has 2 bridgehead atoms. The Morgan fingerprint density at radius 1 is 1.18 bits per heavy atom. The van der Waals surface area contributed by atoms with Gasteiger partial charge in [-0.15, -0.1) is 0 Å². The fraction of sp³-hybridized carbons (Fsp3) is 0.429. The second kappa shape index (κ2) is 3.42. The third-order valence-electron chi connectivity index (χ3n) is 3.77. The van der Waals surface area contributed by atoms with Crippen molar-refractivity contribution in [3.8, 4) is 0 Å². The van der Waals surface area contributed by atoms with Crippen LogP contribution in [0.1, 0.15) is 31.4 Å². The lowest BCUT2D eigenvalue weighted by atomic mass is 9.73. The third kappa shape index (κ3) is 1.27. The molecule has 1 aromatic rings. The largest absolute Gasteiger partial charge is 0.389 e. The molecule has 1 aromatic carbocycles. The van der Waals surface area contributed by atoms with Gasteiger partial charge in [-0.05, 0) is 31.1 Å². The zero-order valence-electron chi connectivity index (χ0n) is 10.0. The molecule has 0 fully saturated rings. The third-order valence-corrected chi connectivity index (χ3v) is 3.77. The van der Waals surface area contributed by atoms with Gasteiger partial charge in [0.1, 0.15) is 5.60 Å². The molecule has 3 atom stereocenters. The predicted octanol–water partition coefficient (Wildman–Crippen LogP) is 2.40. The molecule has 0 amide bonds. The molecule has 2 heterocycles. The summed E-state index contributed by atoms with van der Waals surface area (Å²) in [4.78, 5) is 11.0. The fourth-order valence-electron chi connectivity index (χ4n) is 2.67. The smallest absolute Gasteiger partial charge is 0.173 e. The summed E-state index contributed by atoms with van der Waals surface area (Å²) in [6.07, 6.45) is 3.90. The molecule has 2 aliphatic heterocycles. The topological polar surface area (TPSA) is 38.7 Å². The van der Waals surface area contributed by atoms with Crippen LogP contribution < -0.4 is 0 Å². The first-order chi connectivity index (χ1) is 8.12. The number of rotatable bonds is 2. The quantitative estimate of drug-likeness (QED) is 0.628. The van der Waals surface area contributed by atoms with E-state index in [4.69, 9.17) is 9.78 Å². The van der Waals surface area contributed by atoms with Crippen molar-refractivity contribution in [3.63, 3.8) is 0 Å². The summed E-state index contributed by atoms with van der Waals surface area (Å²) in [5.74, 6) is 0. The van der Waals surface area contributed by atoms with Crippen LogP contribution in [0.5, 0.6) is 0 Å². The molecule has 0 saturated heterocycles. The van der Waals surface area contributed by atoms with Crippen molar-refractivity contribution in [2.24, 2.45) is 0 Å². The zero-order valence-corrected chi connectivity index (χ0v) is 10.0. The average molecular weight is 232 g/mol. The van der Waals surface area contributed by atoms with Crippen molar-refractivity contribution < 1.29 is 14.9 Å². The van der Waals surface area contributed by atoms with E-state index in [2.05, 4.69) is 0 Å². The van der Waals surface area contributed by atoms with Crippen molar-refractivity contribution in [1.82, 2.24) is 0 Å². The maximum absolute atomic E-state index is 10.2. The first-order valence-corrected chi connectivity index (χ1v) is 5.98. The fourth-order valence-corrected chi connectivity index (χ4v) is 2.67. The zero-order chi connectivity index (χ0) is 12.1.